The van der Waals surface area contributed by atoms with Crippen LogP contribution in [0.3, 0.4) is 0 Å². The largest absolute Gasteiger partial charge is 0.349 e. The highest BCUT2D eigenvalue weighted by Gasteiger charge is 2.12. The summed E-state index contributed by atoms with van der Waals surface area (Å²) >= 11 is 0. The summed E-state index contributed by atoms with van der Waals surface area (Å²) in [5.74, 6) is 0. The Morgan fingerprint density at radius 1 is 1.45 bits per heavy atom. The molecule has 2 rings (SSSR count). The van der Waals surface area contributed by atoms with Gasteiger partial charge in [0.15, 0.2) is 0 Å². The van der Waals surface area contributed by atoms with Crippen molar-refractivity contribution in [2.75, 3.05) is 13.1 Å². The van der Waals surface area contributed by atoms with Crippen LogP contribution in [-0.2, 0) is 13.1 Å². The van der Waals surface area contributed by atoms with Crippen molar-refractivity contribution in [2.45, 2.75) is 20.0 Å². The number of rotatable bonds is 1. The lowest BCUT2D eigenvalue weighted by Crippen LogP contribution is -2.32. The van der Waals surface area contributed by atoms with Crippen molar-refractivity contribution in [3.63, 3.8) is 0 Å². The fourth-order valence-corrected chi connectivity index (χ4v) is 1.64. The van der Waals surface area contributed by atoms with E-state index in [0.717, 1.165) is 13.1 Å². The quantitative estimate of drug-likeness (QED) is 0.586. The molecule has 60 valence electrons. The van der Waals surface area contributed by atoms with Crippen molar-refractivity contribution in [2.24, 2.45) is 0 Å². The normalized spacial score (nSPS) is 18.3. The zero-order chi connectivity index (χ0) is 7.68. The van der Waals surface area contributed by atoms with E-state index in [1.807, 2.05) is 0 Å². The van der Waals surface area contributed by atoms with Gasteiger partial charge in [0, 0.05) is 31.5 Å². The van der Waals surface area contributed by atoms with E-state index >= 15 is 0 Å². The fourth-order valence-electron chi connectivity index (χ4n) is 1.64. The molecule has 2 heteroatoms. The molecule has 2 heterocycles. The van der Waals surface area contributed by atoms with Gasteiger partial charge in [-0.3, -0.25) is 4.90 Å². The molecule has 0 amide bonds. The molecule has 0 atom stereocenters. The van der Waals surface area contributed by atoms with Crippen molar-refractivity contribution in [1.82, 2.24) is 9.47 Å². The maximum atomic E-state index is 2.47. The van der Waals surface area contributed by atoms with Gasteiger partial charge >= 0.3 is 0 Å². The minimum absolute atomic E-state index is 1.13. The smallest absolute Gasteiger partial charge is 0.0387 e. The molecule has 0 fully saturated rings. The monoisotopic (exact) mass is 150 g/mol. The highest BCUT2D eigenvalue weighted by Crippen LogP contribution is 2.11. The minimum Gasteiger partial charge on any atom is -0.349 e. The third-order valence-electron chi connectivity index (χ3n) is 2.41. The van der Waals surface area contributed by atoms with Crippen molar-refractivity contribution < 1.29 is 0 Å². The van der Waals surface area contributed by atoms with Crippen molar-refractivity contribution >= 4 is 0 Å². The second kappa shape index (κ2) is 2.70. The highest BCUT2D eigenvalue weighted by molar-refractivity contribution is 5.08. The van der Waals surface area contributed by atoms with E-state index in [0.29, 0.717) is 0 Å². The lowest BCUT2D eigenvalue weighted by Gasteiger charge is -2.26. The van der Waals surface area contributed by atoms with Gasteiger partial charge in [-0.2, -0.15) is 0 Å². The van der Waals surface area contributed by atoms with Gasteiger partial charge in [-0.15, -0.1) is 0 Å². The molecular weight excluding hydrogens is 136 g/mol. The van der Waals surface area contributed by atoms with Crippen LogP contribution in [0.25, 0.3) is 0 Å². The van der Waals surface area contributed by atoms with E-state index in [2.05, 4.69) is 34.7 Å². The number of likely N-dealkylation sites (N-methyl/N-ethyl adjacent to an activating group) is 1. The van der Waals surface area contributed by atoms with Crippen LogP contribution >= 0.6 is 0 Å². The Hall–Kier alpha value is -0.760. The maximum absolute atomic E-state index is 2.47. The van der Waals surface area contributed by atoms with Crippen LogP contribution in [0.1, 0.15) is 12.6 Å². The Bertz CT molecular complexity index is 239. The summed E-state index contributed by atoms with van der Waals surface area (Å²) in [6.45, 7) is 6.89. The van der Waals surface area contributed by atoms with Gasteiger partial charge in [-0.25, -0.2) is 0 Å². The summed E-state index contributed by atoms with van der Waals surface area (Å²) in [7, 11) is 0. The molecule has 0 saturated heterocycles. The summed E-state index contributed by atoms with van der Waals surface area (Å²) in [4.78, 5) is 2.47. The molecule has 1 aliphatic heterocycles. The number of fused-ring (bicyclic) bond motifs is 1. The van der Waals surface area contributed by atoms with Gasteiger partial charge in [0.2, 0.25) is 0 Å². The molecule has 0 aliphatic carbocycles. The Morgan fingerprint density at radius 3 is 3.18 bits per heavy atom. The number of hydrogen-bond donors (Lipinski definition) is 0. The molecule has 0 N–H and O–H groups in total. The lowest BCUT2D eigenvalue weighted by molar-refractivity contribution is 0.232. The van der Waals surface area contributed by atoms with Gasteiger partial charge in [-0.05, 0) is 18.7 Å². The zero-order valence-corrected chi connectivity index (χ0v) is 6.95. The molecule has 1 aromatic rings. The average Bonchev–Trinajstić information content (AvgIpc) is 2.50. The second-order valence-corrected chi connectivity index (χ2v) is 3.06. The third-order valence-corrected chi connectivity index (χ3v) is 2.41. The molecule has 0 saturated carbocycles. The highest BCUT2D eigenvalue weighted by atomic mass is 15.2. The van der Waals surface area contributed by atoms with E-state index in [9.17, 15) is 0 Å². The van der Waals surface area contributed by atoms with Crippen LogP contribution in [0.5, 0.6) is 0 Å². The summed E-state index contributed by atoms with van der Waals surface area (Å²) in [6.07, 6.45) is 2.17. The van der Waals surface area contributed by atoms with Crippen LogP contribution in [0.2, 0.25) is 0 Å². The predicted octanol–water partition coefficient (Wildman–Crippen LogP) is 1.32. The van der Waals surface area contributed by atoms with Crippen molar-refractivity contribution in [1.29, 1.82) is 0 Å². The van der Waals surface area contributed by atoms with Crippen LogP contribution in [0, 0.1) is 0 Å². The van der Waals surface area contributed by atoms with Crippen LogP contribution in [0.15, 0.2) is 18.3 Å². The van der Waals surface area contributed by atoms with Gasteiger partial charge in [0.05, 0.1) is 0 Å². The van der Waals surface area contributed by atoms with Gasteiger partial charge in [0.25, 0.3) is 0 Å². The Labute approximate surface area is 67.4 Å². The van der Waals surface area contributed by atoms with E-state index < -0.39 is 0 Å². The first kappa shape index (κ1) is 6.92. The molecule has 11 heavy (non-hydrogen) atoms. The molecule has 0 aromatic carbocycles. The van der Waals surface area contributed by atoms with E-state index in [1.165, 1.54) is 18.8 Å². The SMILES string of the molecule is CCN1CCn2cccc2C1. The summed E-state index contributed by atoms with van der Waals surface area (Å²) in [5.41, 5.74) is 1.46. The predicted molar refractivity (Wildman–Crippen MR) is 45.4 cm³/mol. The number of hydrogen-bond acceptors (Lipinski definition) is 1. The molecule has 2 nitrogen and oxygen atoms in total. The van der Waals surface area contributed by atoms with Gasteiger partial charge in [0.1, 0.15) is 0 Å². The fraction of sp³-hybridized carbons (Fsp3) is 0.556. The minimum atomic E-state index is 1.13. The number of nitrogens with zero attached hydrogens (tertiary/aromatic N) is 2. The summed E-state index contributed by atoms with van der Waals surface area (Å²) in [5, 5.41) is 0. The van der Waals surface area contributed by atoms with E-state index in [4.69, 9.17) is 0 Å². The molecule has 0 radical (unpaired) electrons. The maximum Gasteiger partial charge on any atom is 0.0387 e. The third kappa shape index (κ3) is 1.18. The molecule has 1 aliphatic rings. The topological polar surface area (TPSA) is 8.17 Å². The van der Waals surface area contributed by atoms with Crippen LogP contribution < -0.4 is 0 Å². The Balaban J connectivity index is 2.18. The average molecular weight is 150 g/mol. The number of aromatic nitrogens is 1. The molecule has 0 unspecified atom stereocenters. The molecule has 1 aromatic heterocycles. The summed E-state index contributed by atoms with van der Waals surface area (Å²) in [6, 6.07) is 4.34. The first-order chi connectivity index (χ1) is 5.40. The first-order valence-electron chi connectivity index (χ1n) is 4.26. The second-order valence-electron chi connectivity index (χ2n) is 3.06. The molecule has 0 bridgehead atoms. The van der Waals surface area contributed by atoms with Crippen LogP contribution in [0.4, 0.5) is 0 Å². The lowest BCUT2D eigenvalue weighted by atomic mass is 10.3. The molecular formula is C9H14N2. The summed E-state index contributed by atoms with van der Waals surface area (Å²) < 4.78 is 2.34. The Kier molecular flexibility index (Phi) is 1.70. The standard InChI is InChI=1S/C9H14N2/c1-2-10-6-7-11-5-3-4-9(11)8-10/h3-5H,2,6-8H2,1H3. The van der Waals surface area contributed by atoms with E-state index in [-0.39, 0.29) is 0 Å². The van der Waals surface area contributed by atoms with Gasteiger partial charge in [-0.1, -0.05) is 6.92 Å². The van der Waals surface area contributed by atoms with Crippen LogP contribution in [-0.4, -0.2) is 22.6 Å². The van der Waals surface area contributed by atoms with E-state index in [1.54, 1.807) is 0 Å². The zero-order valence-electron chi connectivity index (χ0n) is 6.95. The Morgan fingerprint density at radius 2 is 2.36 bits per heavy atom. The van der Waals surface area contributed by atoms with Gasteiger partial charge < -0.3 is 4.57 Å². The van der Waals surface area contributed by atoms with Crippen molar-refractivity contribution in [3.8, 4) is 0 Å². The van der Waals surface area contributed by atoms with Crippen molar-refractivity contribution in [3.05, 3.63) is 24.0 Å². The first-order valence-corrected chi connectivity index (χ1v) is 4.26. The molecule has 0 spiro atoms.